The molecule has 0 radical (unpaired) electrons. The maximum atomic E-state index is 13.2. The third-order valence-electron chi connectivity index (χ3n) is 6.78. The van der Waals surface area contributed by atoms with Crippen LogP contribution in [0.1, 0.15) is 55.6 Å². The zero-order chi connectivity index (χ0) is 29.8. The normalized spacial score (nSPS) is 21.3. The van der Waals surface area contributed by atoms with Crippen molar-refractivity contribution in [3.8, 4) is 17.0 Å². The van der Waals surface area contributed by atoms with Crippen LogP contribution < -0.4 is 14.8 Å². The number of ether oxygens (including phenoxy) is 1. The van der Waals surface area contributed by atoms with Gasteiger partial charge in [0.25, 0.3) is 5.91 Å². The van der Waals surface area contributed by atoms with E-state index in [0.29, 0.717) is 12.8 Å². The van der Waals surface area contributed by atoms with Gasteiger partial charge < -0.3 is 19.7 Å². The van der Waals surface area contributed by atoms with Crippen molar-refractivity contribution in [1.29, 1.82) is 0 Å². The van der Waals surface area contributed by atoms with Crippen LogP contribution in [0.15, 0.2) is 18.2 Å². The van der Waals surface area contributed by atoms with Gasteiger partial charge in [0.15, 0.2) is 5.69 Å². The van der Waals surface area contributed by atoms with E-state index < -0.39 is 53.7 Å². The van der Waals surface area contributed by atoms with Gasteiger partial charge in [0.2, 0.25) is 0 Å². The number of hydrogen-bond acceptors (Lipinski definition) is 6. The number of carbonyl (C=O) groups is 1. The minimum Gasteiger partial charge on any atom is -0.760 e. The first-order valence-electron chi connectivity index (χ1n) is 12.4. The van der Waals surface area contributed by atoms with Crippen LogP contribution in [0, 0.1) is 5.92 Å². The summed E-state index contributed by atoms with van der Waals surface area (Å²) in [5.41, 5.74) is -1.38. The Morgan fingerprint density at radius 3 is 2.55 bits per heavy atom. The van der Waals surface area contributed by atoms with Gasteiger partial charge in [-0.2, -0.15) is 27.1 Å². The molecule has 0 bridgehead atoms. The summed E-state index contributed by atoms with van der Waals surface area (Å²) >= 11 is 4.06. The average molecular weight is 616 g/mol. The van der Waals surface area contributed by atoms with Crippen LogP contribution >= 0.6 is 11.6 Å². The molecule has 1 fully saturated rings. The van der Waals surface area contributed by atoms with Crippen molar-refractivity contribution in [1.82, 2.24) is 19.8 Å². The largest absolute Gasteiger partial charge is 0.760 e. The average Bonchev–Trinajstić information content (AvgIpc) is 3.19. The Hall–Kier alpha value is -2.33. The Bertz CT molecular complexity index is 1220. The van der Waals surface area contributed by atoms with E-state index in [9.17, 15) is 40.6 Å². The Kier molecular flexibility index (Phi) is 10.5. The first kappa shape index (κ1) is 32.2. The second kappa shape index (κ2) is 13.1. The third-order valence-corrected chi connectivity index (χ3v) is 7.67. The SMILES string of the molecule is CCn1nc(C(=O)NCC2(O)CCC(NS(=O)[O-])CC2)c(Cl)c1-c1ccc(C[C@H](C)C(F)(F)F)cc1OC(F)F. The van der Waals surface area contributed by atoms with E-state index in [1.807, 2.05) is 0 Å². The smallest absolute Gasteiger partial charge is 0.391 e. The number of nitrogens with zero attached hydrogens (tertiary/aromatic N) is 2. The standard InChI is InChI=1S/C24H30ClF5N4O5S/c1-3-34-20(16-5-4-14(10-13(2)24(28,29)30)11-17(16)39-22(26)27)18(25)19(32-34)21(35)31-12-23(36)8-6-15(7-9-23)33-40(37)38/h4-5,11,13,15,22,33,36H,3,6-10,12H2,1-2H3,(H,31,35)(H,37,38)/p-1/t13-,15?,23?/m0/s1. The van der Waals surface area contributed by atoms with E-state index in [4.69, 9.17) is 11.6 Å². The van der Waals surface area contributed by atoms with E-state index in [1.165, 1.54) is 16.8 Å². The fourth-order valence-electron chi connectivity index (χ4n) is 4.54. The van der Waals surface area contributed by atoms with Crippen molar-refractivity contribution in [2.75, 3.05) is 6.54 Å². The number of aromatic nitrogens is 2. The topological polar surface area (TPSA) is 129 Å². The molecule has 0 saturated heterocycles. The summed E-state index contributed by atoms with van der Waals surface area (Å²) in [7, 11) is 0. The summed E-state index contributed by atoms with van der Waals surface area (Å²) in [5, 5.41) is 17.4. The lowest BCUT2D eigenvalue weighted by atomic mass is 9.82. The summed E-state index contributed by atoms with van der Waals surface area (Å²) in [6.45, 7) is -0.666. The Labute approximate surface area is 234 Å². The third kappa shape index (κ3) is 8.12. The molecule has 1 amide bonds. The van der Waals surface area contributed by atoms with Gasteiger partial charge in [0.05, 0.1) is 22.2 Å². The van der Waals surface area contributed by atoms with Crippen LogP contribution in [0.25, 0.3) is 11.3 Å². The maximum absolute atomic E-state index is 13.2. The molecule has 2 aromatic rings. The number of amides is 1. The first-order valence-corrected chi connectivity index (χ1v) is 13.9. The number of rotatable bonds is 11. The minimum absolute atomic E-state index is 0.00215. The van der Waals surface area contributed by atoms with Crippen LogP contribution in [0.4, 0.5) is 22.0 Å². The van der Waals surface area contributed by atoms with E-state index >= 15 is 0 Å². The molecule has 9 nitrogen and oxygen atoms in total. The second-order valence-electron chi connectivity index (χ2n) is 9.72. The van der Waals surface area contributed by atoms with Crippen molar-refractivity contribution in [3.63, 3.8) is 0 Å². The zero-order valence-electron chi connectivity index (χ0n) is 21.6. The lowest BCUT2D eigenvalue weighted by Gasteiger charge is -2.36. The number of nitrogens with one attached hydrogen (secondary N) is 2. The van der Waals surface area contributed by atoms with Gasteiger partial charge in [-0.05, 0) is 56.7 Å². The maximum Gasteiger partial charge on any atom is 0.391 e. The van der Waals surface area contributed by atoms with Gasteiger partial charge >= 0.3 is 12.8 Å². The van der Waals surface area contributed by atoms with Gasteiger partial charge in [-0.25, -0.2) is 4.72 Å². The van der Waals surface area contributed by atoms with Gasteiger partial charge in [0, 0.05) is 36.0 Å². The fraction of sp³-hybridized carbons (Fsp3) is 0.583. The van der Waals surface area contributed by atoms with Crippen molar-refractivity contribution in [2.24, 2.45) is 5.92 Å². The number of carbonyl (C=O) groups excluding carboxylic acids is 1. The summed E-state index contributed by atoms with van der Waals surface area (Å²) in [6, 6.07) is 3.38. The van der Waals surface area contributed by atoms with Crippen molar-refractivity contribution >= 4 is 28.8 Å². The lowest BCUT2D eigenvalue weighted by molar-refractivity contribution is -0.169. The van der Waals surface area contributed by atoms with E-state index in [-0.39, 0.29) is 59.5 Å². The number of hydrogen-bond donors (Lipinski definition) is 3. The summed E-state index contributed by atoms with van der Waals surface area (Å²) in [6.07, 6.45) is -3.78. The Morgan fingerprint density at radius 2 is 2.00 bits per heavy atom. The molecule has 40 heavy (non-hydrogen) atoms. The molecule has 1 heterocycles. The number of halogens is 6. The molecule has 224 valence electrons. The number of alkyl halides is 5. The van der Waals surface area contributed by atoms with Crippen molar-refractivity contribution in [2.45, 2.75) is 76.9 Å². The van der Waals surface area contributed by atoms with Crippen LogP contribution in [0.2, 0.25) is 5.02 Å². The predicted molar refractivity (Wildman–Crippen MR) is 135 cm³/mol. The molecule has 2 atom stereocenters. The quantitative estimate of drug-likeness (QED) is 0.255. The van der Waals surface area contributed by atoms with Crippen LogP contribution in [0.5, 0.6) is 5.75 Å². The molecule has 16 heteroatoms. The minimum atomic E-state index is -4.48. The highest BCUT2D eigenvalue weighted by Gasteiger charge is 2.36. The molecular formula is C24H29ClF5N4O5S-. The Balaban J connectivity index is 1.84. The van der Waals surface area contributed by atoms with Gasteiger partial charge in [0.1, 0.15) is 5.75 Å². The summed E-state index contributed by atoms with van der Waals surface area (Å²) in [4.78, 5) is 13.0. The second-order valence-corrected chi connectivity index (χ2v) is 10.8. The van der Waals surface area contributed by atoms with Crippen molar-refractivity contribution in [3.05, 3.63) is 34.5 Å². The molecule has 1 aromatic heterocycles. The molecule has 3 N–H and O–H groups in total. The molecule has 1 aliphatic rings. The molecule has 0 aliphatic heterocycles. The highest BCUT2D eigenvalue weighted by molar-refractivity contribution is 7.77. The highest BCUT2D eigenvalue weighted by atomic mass is 35.5. The van der Waals surface area contributed by atoms with E-state index in [1.54, 1.807) is 6.92 Å². The number of aliphatic hydroxyl groups is 1. The van der Waals surface area contributed by atoms with E-state index in [2.05, 4.69) is 19.9 Å². The van der Waals surface area contributed by atoms with Crippen LogP contribution in [-0.2, 0) is 24.2 Å². The van der Waals surface area contributed by atoms with Gasteiger partial charge in [-0.15, -0.1) is 0 Å². The molecule has 1 unspecified atom stereocenters. The van der Waals surface area contributed by atoms with Crippen molar-refractivity contribution < 1.29 is 45.4 Å². The molecular weight excluding hydrogens is 587 g/mol. The van der Waals surface area contributed by atoms with Crippen LogP contribution in [0.3, 0.4) is 0 Å². The molecule has 0 spiro atoms. The first-order chi connectivity index (χ1) is 18.6. The van der Waals surface area contributed by atoms with Crippen LogP contribution in [-0.4, -0.2) is 60.5 Å². The highest BCUT2D eigenvalue weighted by Crippen LogP contribution is 2.39. The molecule has 1 aliphatic carbocycles. The fourth-order valence-corrected chi connectivity index (χ4v) is 5.37. The molecule has 1 saturated carbocycles. The van der Waals surface area contributed by atoms with Gasteiger partial charge in [-0.3, -0.25) is 13.7 Å². The van der Waals surface area contributed by atoms with E-state index in [0.717, 1.165) is 13.0 Å². The Morgan fingerprint density at radius 1 is 1.35 bits per heavy atom. The monoisotopic (exact) mass is 615 g/mol. The number of benzene rings is 1. The lowest BCUT2D eigenvalue weighted by Crippen LogP contribution is -2.48. The zero-order valence-corrected chi connectivity index (χ0v) is 23.1. The summed E-state index contributed by atoms with van der Waals surface area (Å²) in [5.74, 6) is -2.90. The predicted octanol–water partition coefficient (Wildman–Crippen LogP) is 4.35. The molecule has 3 rings (SSSR count). The number of aryl methyl sites for hydroxylation is 1. The van der Waals surface area contributed by atoms with Gasteiger partial charge in [-0.1, -0.05) is 24.6 Å². The summed E-state index contributed by atoms with van der Waals surface area (Å²) < 4.78 is 95.5. The molecule has 1 aromatic carbocycles.